The summed E-state index contributed by atoms with van der Waals surface area (Å²) in [6, 6.07) is 1.82. The second-order valence-electron chi connectivity index (χ2n) is 7.22. The molecule has 0 unspecified atom stereocenters. The highest BCUT2D eigenvalue weighted by Crippen LogP contribution is 2.56. The molecule has 3 fully saturated rings. The fourth-order valence-corrected chi connectivity index (χ4v) is 4.48. The summed E-state index contributed by atoms with van der Waals surface area (Å²) in [5.41, 5.74) is 0.561. The maximum Gasteiger partial charge on any atom is 0.254 e. The van der Waals surface area contributed by atoms with E-state index in [2.05, 4.69) is 5.32 Å². The third-order valence-corrected chi connectivity index (χ3v) is 5.87. The topological polar surface area (TPSA) is 62.6 Å². The monoisotopic (exact) mass is 316 g/mol. The Hall–Kier alpha value is -1.78. The number of fused-ring (bicyclic) bond motifs is 1. The lowest BCUT2D eigenvalue weighted by molar-refractivity contribution is -0.134. The van der Waals surface area contributed by atoms with Crippen molar-refractivity contribution >= 4 is 11.8 Å². The number of hydrogen-bond acceptors (Lipinski definition) is 3. The first kappa shape index (κ1) is 14.8. The largest absolute Gasteiger partial charge is 0.472 e. The van der Waals surface area contributed by atoms with Gasteiger partial charge in [0.05, 0.1) is 11.8 Å². The Morgan fingerprint density at radius 1 is 1.09 bits per heavy atom. The van der Waals surface area contributed by atoms with Gasteiger partial charge in [0.2, 0.25) is 5.91 Å². The van der Waals surface area contributed by atoms with Crippen molar-refractivity contribution in [3.8, 4) is 0 Å². The Morgan fingerprint density at radius 2 is 1.78 bits per heavy atom. The van der Waals surface area contributed by atoms with Gasteiger partial charge in [0.25, 0.3) is 5.91 Å². The number of furan rings is 1. The summed E-state index contributed by atoms with van der Waals surface area (Å²) < 4.78 is 4.94. The Kier molecular flexibility index (Phi) is 3.87. The van der Waals surface area contributed by atoms with Crippen molar-refractivity contribution in [2.75, 3.05) is 13.1 Å². The zero-order valence-electron chi connectivity index (χ0n) is 13.4. The molecule has 0 bridgehead atoms. The van der Waals surface area contributed by atoms with Crippen molar-refractivity contribution in [1.29, 1.82) is 0 Å². The summed E-state index contributed by atoms with van der Waals surface area (Å²) in [4.78, 5) is 26.7. The normalized spacial score (nSPS) is 30.6. The molecule has 1 N–H and O–H groups in total. The zero-order valence-corrected chi connectivity index (χ0v) is 13.4. The second-order valence-corrected chi connectivity index (χ2v) is 7.22. The van der Waals surface area contributed by atoms with Crippen molar-refractivity contribution in [3.63, 3.8) is 0 Å². The van der Waals surface area contributed by atoms with Crippen LogP contribution in [-0.2, 0) is 4.79 Å². The molecule has 2 saturated carbocycles. The molecule has 1 saturated heterocycles. The van der Waals surface area contributed by atoms with E-state index in [0.29, 0.717) is 29.2 Å². The fourth-order valence-electron chi connectivity index (χ4n) is 4.48. The van der Waals surface area contributed by atoms with E-state index in [1.807, 2.05) is 4.90 Å². The molecule has 3 aliphatic rings. The van der Waals surface area contributed by atoms with Crippen molar-refractivity contribution in [2.45, 2.75) is 44.6 Å². The summed E-state index contributed by atoms with van der Waals surface area (Å²) in [5.74, 6) is 1.96. The SMILES string of the molecule is O=C(NC1CCN(C(=O)C2[C@@H]3CCCC[C@@H]23)CC1)c1ccoc1. The third-order valence-electron chi connectivity index (χ3n) is 5.87. The van der Waals surface area contributed by atoms with E-state index in [-0.39, 0.29) is 11.9 Å². The second kappa shape index (κ2) is 6.02. The molecule has 124 valence electrons. The van der Waals surface area contributed by atoms with Gasteiger partial charge < -0.3 is 14.6 Å². The predicted molar refractivity (Wildman–Crippen MR) is 84.7 cm³/mol. The van der Waals surface area contributed by atoms with Gasteiger partial charge in [-0.2, -0.15) is 0 Å². The molecule has 1 aliphatic heterocycles. The number of piperidine rings is 1. The van der Waals surface area contributed by atoms with Gasteiger partial charge in [0, 0.05) is 25.0 Å². The Labute approximate surface area is 136 Å². The summed E-state index contributed by atoms with van der Waals surface area (Å²) in [6.07, 6.45) is 9.75. The maximum absolute atomic E-state index is 12.7. The van der Waals surface area contributed by atoms with Crippen molar-refractivity contribution in [2.24, 2.45) is 17.8 Å². The van der Waals surface area contributed by atoms with Gasteiger partial charge in [-0.25, -0.2) is 0 Å². The number of hydrogen-bond donors (Lipinski definition) is 1. The number of rotatable bonds is 3. The molecular formula is C18H24N2O3. The van der Waals surface area contributed by atoms with Crippen LogP contribution in [0.4, 0.5) is 0 Å². The van der Waals surface area contributed by atoms with Gasteiger partial charge >= 0.3 is 0 Å². The van der Waals surface area contributed by atoms with Crippen LogP contribution >= 0.6 is 0 Å². The van der Waals surface area contributed by atoms with E-state index in [0.717, 1.165) is 25.9 Å². The molecule has 2 amide bonds. The first-order valence-electron chi connectivity index (χ1n) is 8.86. The number of amides is 2. The van der Waals surface area contributed by atoms with Crippen LogP contribution in [0.5, 0.6) is 0 Å². The van der Waals surface area contributed by atoms with E-state index in [1.165, 1.54) is 38.2 Å². The number of nitrogens with zero attached hydrogens (tertiary/aromatic N) is 1. The standard InChI is InChI=1S/C18H24N2O3/c21-17(12-7-10-23-11-12)19-13-5-8-20(9-6-13)18(22)16-14-3-1-2-4-15(14)16/h7,10-11,13-16H,1-6,8-9H2,(H,19,21)/t14-,15-/m1/s1. The highest BCUT2D eigenvalue weighted by Gasteiger charge is 2.55. The summed E-state index contributed by atoms with van der Waals surface area (Å²) in [6.45, 7) is 1.54. The van der Waals surface area contributed by atoms with Gasteiger partial charge in [-0.1, -0.05) is 12.8 Å². The molecule has 4 rings (SSSR count). The van der Waals surface area contributed by atoms with Gasteiger partial charge in [0.15, 0.2) is 0 Å². The Balaban J connectivity index is 1.26. The lowest BCUT2D eigenvalue weighted by atomic mass is 10.0. The minimum atomic E-state index is -0.0864. The van der Waals surface area contributed by atoms with Gasteiger partial charge in [0.1, 0.15) is 6.26 Å². The Bertz CT molecular complexity index is 563. The van der Waals surface area contributed by atoms with Crippen molar-refractivity contribution in [1.82, 2.24) is 10.2 Å². The van der Waals surface area contributed by atoms with Crippen LogP contribution in [0.25, 0.3) is 0 Å². The van der Waals surface area contributed by atoms with E-state index >= 15 is 0 Å². The number of carbonyl (C=O) groups excluding carboxylic acids is 2. The molecule has 1 aromatic heterocycles. The smallest absolute Gasteiger partial charge is 0.254 e. The van der Waals surface area contributed by atoms with Gasteiger partial charge in [-0.3, -0.25) is 9.59 Å². The molecular weight excluding hydrogens is 292 g/mol. The van der Waals surface area contributed by atoms with Crippen LogP contribution in [-0.4, -0.2) is 35.8 Å². The highest BCUT2D eigenvalue weighted by molar-refractivity contribution is 5.94. The Morgan fingerprint density at radius 3 is 2.39 bits per heavy atom. The van der Waals surface area contributed by atoms with E-state index in [9.17, 15) is 9.59 Å². The molecule has 2 atom stereocenters. The first-order chi connectivity index (χ1) is 11.2. The molecule has 5 heteroatoms. The zero-order chi connectivity index (χ0) is 15.8. The van der Waals surface area contributed by atoms with Crippen LogP contribution in [0.2, 0.25) is 0 Å². The number of carbonyl (C=O) groups is 2. The van der Waals surface area contributed by atoms with Gasteiger partial charge in [-0.05, 0) is 43.6 Å². The fraction of sp³-hybridized carbons (Fsp3) is 0.667. The minimum Gasteiger partial charge on any atom is -0.472 e. The molecule has 0 aromatic carbocycles. The first-order valence-corrected chi connectivity index (χ1v) is 8.86. The van der Waals surface area contributed by atoms with Gasteiger partial charge in [-0.15, -0.1) is 0 Å². The summed E-state index contributed by atoms with van der Waals surface area (Å²) in [5, 5.41) is 3.04. The summed E-state index contributed by atoms with van der Waals surface area (Å²) >= 11 is 0. The maximum atomic E-state index is 12.7. The predicted octanol–water partition coefficient (Wildman–Crippen LogP) is 2.44. The molecule has 0 radical (unpaired) electrons. The molecule has 5 nitrogen and oxygen atoms in total. The third kappa shape index (κ3) is 2.89. The molecule has 0 spiro atoms. The van der Waals surface area contributed by atoms with Crippen molar-refractivity contribution < 1.29 is 14.0 Å². The van der Waals surface area contributed by atoms with Crippen LogP contribution in [0.1, 0.15) is 48.9 Å². The van der Waals surface area contributed by atoms with Crippen molar-refractivity contribution in [3.05, 3.63) is 24.2 Å². The quantitative estimate of drug-likeness (QED) is 0.931. The average molecular weight is 316 g/mol. The number of likely N-dealkylation sites (tertiary alicyclic amines) is 1. The lowest BCUT2D eigenvalue weighted by Gasteiger charge is -2.32. The summed E-state index contributed by atoms with van der Waals surface area (Å²) in [7, 11) is 0. The van der Waals surface area contributed by atoms with Crippen LogP contribution in [0.15, 0.2) is 23.0 Å². The minimum absolute atomic E-state index is 0.0864. The molecule has 1 aromatic rings. The van der Waals surface area contributed by atoms with E-state index in [4.69, 9.17) is 4.42 Å². The lowest BCUT2D eigenvalue weighted by Crippen LogP contribution is -2.47. The van der Waals surface area contributed by atoms with E-state index < -0.39 is 0 Å². The van der Waals surface area contributed by atoms with Crippen LogP contribution in [0.3, 0.4) is 0 Å². The molecule has 23 heavy (non-hydrogen) atoms. The number of nitrogens with one attached hydrogen (secondary N) is 1. The van der Waals surface area contributed by atoms with Crippen LogP contribution < -0.4 is 5.32 Å². The van der Waals surface area contributed by atoms with E-state index in [1.54, 1.807) is 6.07 Å². The highest BCUT2D eigenvalue weighted by atomic mass is 16.3. The average Bonchev–Trinajstić information content (AvgIpc) is 3.03. The molecule has 2 heterocycles. The molecule has 2 aliphatic carbocycles. The van der Waals surface area contributed by atoms with Crippen LogP contribution in [0, 0.1) is 17.8 Å².